The van der Waals surface area contributed by atoms with Crippen molar-refractivity contribution in [2.75, 3.05) is 33.0 Å². The molecule has 10 nitrogen and oxygen atoms in total. The number of aliphatic hydroxyl groups excluding tert-OH is 1. The average molecular weight is 400 g/mol. The van der Waals surface area contributed by atoms with Crippen molar-refractivity contribution >= 4 is 14.4 Å². The van der Waals surface area contributed by atoms with E-state index < -0.39 is 32.7 Å². The Morgan fingerprint density at radius 2 is 2.37 bits per heavy atom. The monoisotopic (exact) mass is 400 g/mol. The second-order valence-corrected chi connectivity index (χ2v) is 6.90. The predicted octanol–water partition coefficient (Wildman–Crippen LogP) is -0.293. The van der Waals surface area contributed by atoms with E-state index in [-0.39, 0.29) is 18.8 Å². The first-order valence-electron chi connectivity index (χ1n) is 8.48. The van der Waals surface area contributed by atoms with Crippen LogP contribution in [-0.4, -0.2) is 59.1 Å². The number of nitrogens with two attached hydrogens (primary N) is 1. The molecular formula is C16H25N4O6P. The van der Waals surface area contributed by atoms with Gasteiger partial charge in [-0.15, -0.1) is 0 Å². The molecule has 4 unspecified atom stereocenters. The van der Waals surface area contributed by atoms with E-state index in [0.29, 0.717) is 12.0 Å². The highest BCUT2D eigenvalue weighted by atomic mass is 31.2. The van der Waals surface area contributed by atoms with E-state index in [4.69, 9.17) is 19.5 Å². The summed E-state index contributed by atoms with van der Waals surface area (Å²) >= 11 is 0. The highest BCUT2D eigenvalue weighted by Crippen LogP contribution is 2.40. The molecule has 1 aromatic heterocycles. The van der Waals surface area contributed by atoms with Gasteiger partial charge in [-0.2, -0.15) is 4.98 Å². The van der Waals surface area contributed by atoms with E-state index in [0.717, 1.165) is 13.0 Å². The lowest BCUT2D eigenvalue weighted by molar-refractivity contribution is -0.0436. The maximum Gasteiger partial charge on any atom is 0.351 e. The number of nitrogen functional groups attached to an aromatic ring is 1. The maximum absolute atomic E-state index is 12.2. The van der Waals surface area contributed by atoms with Gasteiger partial charge in [0.25, 0.3) is 0 Å². The van der Waals surface area contributed by atoms with Crippen molar-refractivity contribution < 1.29 is 23.8 Å². The molecule has 0 aromatic carbocycles. The third kappa shape index (κ3) is 5.96. The number of nitrogens with one attached hydrogen (secondary N) is 1. The maximum atomic E-state index is 12.2. The molecule has 4 atom stereocenters. The molecule has 1 saturated heterocycles. The fourth-order valence-corrected chi connectivity index (χ4v) is 3.14. The molecule has 0 bridgehead atoms. The molecule has 0 amide bonds. The number of hydrogen-bond acceptors (Lipinski definition) is 9. The number of anilines is 1. The van der Waals surface area contributed by atoms with Gasteiger partial charge in [0.05, 0.1) is 18.3 Å². The highest BCUT2D eigenvalue weighted by Gasteiger charge is 2.39. The van der Waals surface area contributed by atoms with Crippen LogP contribution in [0.3, 0.4) is 0 Å². The molecule has 2 heterocycles. The number of aliphatic hydroxyl groups is 1. The number of nitrogens with zero attached hydrogens (tertiary/aromatic N) is 2. The van der Waals surface area contributed by atoms with Crippen LogP contribution in [0, 0.1) is 11.8 Å². The van der Waals surface area contributed by atoms with Gasteiger partial charge in [0.1, 0.15) is 18.1 Å². The molecule has 27 heavy (non-hydrogen) atoms. The van der Waals surface area contributed by atoms with Crippen molar-refractivity contribution in [3.63, 3.8) is 0 Å². The molecule has 1 aliphatic heterocycles. The Labute approximate surface area is 158 Å². The zero-order valence-corrected chi connectivity index (χ0v) is 16.2. The molecule has 2 rings (SSSR count). The molecule has 1 aromatic rings. The third-order valence-electron chi connectivity index (χ3n) is 3.99. The number of hydrogen-bond donors (Lipinski definition) is 4. The van der Waals surface area contributed by atoms with Crippen molar-refractivity contribution in [2.45, 2.75) is 37.7 Å². The third-order valence-corrected chi connectivity index (χ3v) is 4.75. The van der Waals surface area contributed by atoms with Crippen LogP contribution in [0.1, 0.15) is 31.1 Å². The summed E-state index contributed by atoms with van der Waals surface area (Å²) < 4.78 is 17.0. The number of ether oxygens (including phenoxy) is 1. The Bertz CT molecular complexity index is 734. The van der Waals surface area contributed by atoms with Crippen LogP contribution in [0.4, 0.5) is 5.82 Å². The van der Waals surface area contributed by atoms with Crippen molar-refractivity contribution in [3.8, 4) is 11.8 Å². The summed E-state index contributed by atoms with van der Waals surface area (Å²) in [6.45, 7) is 0.528. The van der Waals surface area contributed by atoms with E-state index >= 15 is 0 Å². The Kier molecular flexibility index (Phi) is 8.60. The molecule has 1 fully saturated rings. The van der Waals surface area contributed by atoms with Gasteiger partial charge in [0.15, 0.2) is 0 Å². The fourth-order valence-electron chi connectivity index (χ4n) is 2.60. The first-order chi connectivity index (χ1) is 13.0. The van der Waals surface area contributed by atoms with E-state index in [2.05, 4.69) is 22.1 Å². The summed E-state index contributed by atoms with van der Waals surface area (Å²) in [5.74, 6) is 5.98. The topological polar surface area (TPSA) is 141 Å². The standard InChI is InChI=1S/C16H25N4O6P/c1-18-7-5-3-4-6-11-9-20(16(22)19-15(11)17)14-8-12(13(10-21)25-14)26-27(23)24-2/h9,12-14,18,21,23H,3,5,7-8,10H2,1-2H3,(H2,17,19,22). The minimum absolute atomic E-state index is 0.0557. The van der Waals surface area contributed by atoms with Crippen LogP contribution in [-0.2, 0) is 13.8 Å². The van der Waals surface area contributed by atoms with E-state index in [1.807, 2.05) is 7.05 Å². The normalized spacial score (nSPS) is 23.0. The Balaban J connectivity index is 2.17. The van der Waals surface area contributed by atoms with Gasteiger partial charge >= 0.3 is 14.3 Å². The van der Waals surface area contributed by atoms with Crippen LogP contribution in [0.25, 0.3) is 0 Å². The van der Waals surface area contributed by atoms with E-state index in [1.54, 1.807) is 0 Å². The highest BCUT2D eigenvalue weighted by molar-refractivity contribution is 7.40. The lowest BCUT2D eigenvalue weighted by Crippen LogP contribution is -2.29. The van der Waals surface area contributed by atoms with Gasteiger partial charge in [-0.1, -0.05) is 11.8 Å². The summed E-state index contributed by atoms with van der Waals surface area (Å²) in [5.41, 5.74) is 5.64. The predicted molar refractivity (Wildman–Crippen MR) is 99.6 cm³/mol. The van der Waals surface area contributed by atoms with Crippen LogP contribution in [0.2, 0.25) is 0 Å². The Morgan fingerprint density at radius 3 is 3.04 bits per heavy atom. The first-order valence-corrected chi connectivity index (χ1v) is 9.61. The van der Waals surface area contributed by atoms with Crippen LogP contribution < -0.4 is 16.7 Å². The minimum Gasteiger partial charge on any atom is -0.394 e. The molecule has 0 aliphatic carbocycles. The molecule has 1 aliphatic rings. The van der Waals surface area contributed by atoms with Crippen molar-refractivity contribution in [1.29, 1.82) is 0 Å². The molecule has 150 valence electrons. The minimum atomic E-state index is -2.08. The summed E-state index contributed by atoms with van der Waals surface area (Å²) in [7, 11) is 1.10. The van der Waals surface area contributed by atoms with Crippen molar-refractivity contribution in [1.82, 2.24) is 14.9 Å². The van der Waals surface area contributed by atoms with Gasteiger partial charge in [0.2, 0.25) is 0 Å². The Hall–Kier alpha value is -1.57. The summed E-state index contributed by atoms with van der Waals surface area (Å²) in [5, 5.41) is 12.5. The number of unbranched alkanes of at least 4 members (excludes halogenated alkanes) is 1. The van der Waals surface area contributed by atoms with Gasteiger partial charge < -0.3 is 34.8 Å². The number of aromatic nitrogens is 2. The van der Waals surface area contributed by atoms with E-state index in [9.17, 15) is 14.8 Å². The van der Waals surface area contributed by atoms with Gasteiger partial charge in [-0.05, 0) is 20.0 Å². The summed E-state index contributed by atoms with van der Waals surface area (Å²) in [6, 6.07) is 0. The molecule has 5 N–H and O–H groups in total. The molecule has 0 saturated carbocycles. The van der Waals surface area contributed by atoms with Gasteiger partial charge in [0, 0.05) is 26.1 Å². The lowest BCUT2D eigenvalue weighted by atomic mass is 10.2. The second kappa shape index (κ2) is 10.7. The van der Waals surface area contributed by atoms with Gasteiger partial charge in [-0.3, -0.25) is 4.57 Å². The van der Waals surface area contributed by atoms with E-state index in [1.165, 1.54) is 17.9 Å². The zero-order valence-electron chi connectivity index (χ0n) is 15.3. The molecular weight excluding hydrogens is 375 g/mol. The smallest absolute Gasteiger partial charge is 0.351 e. The van der Waals surface area contributed by atoms with Crippen LogP contribution in [0.5, 0.6) is 0 Å². The second-order valence-electron chi connectivity index (χ2n) is 5.85. The fraction of sp³-hybridized carbons (Fsp3) is 0.625. The quantitative estimate of drug-likeness (QED) is 0.263. The van der Waals surface area contributed by atoms with Crippen molar-refractivity contribution in [2.24, 2.45) is 0 Å². The van der Waals surface area contributed by atoms with Crippen molar-refractivity contribution in [3.05, 3.63) is 22.2 Å². The molecule has 0 spiro atoms. The lowest BCUT2D eigenvalue weighted by Gasteiger charge is -2.17. The Morgan fingerprint density at radius 1 is 1.59 bits per heavy atom. The zero-order chi connectivity index (χ0) is 19.8. The first kappa shape index (κ1) is 21.7. The molecule has 11 heteroatoms. The van der Waals surface area contributed by atoms with Crippen LogP contribution >= 0.6 is 8.60 Å². The van der Waals surface area contributed by atoms with Gasteiger partial charge in [-0.25, -0.2) is 4.79 Å². The summed E-state index contributed by atoms with van der Waals surface area (Å²) in [6.07, 6.45) is 1.24. The van der Waals surface area contributed by atoms with Crippen LogP contribution in [0.15, 0.2) is 11.0 Å². The SMILES string of the molecule is CNCCCC#Cc1cn(C2CC(OP(O)OC)C(CO)O2)c(=O)nc1N. The molecule has 0 radical (unpaired) electrons. The largest absolute Gasteiger partial charge is 0.394 e. The average Bonchev–Trinajstić information content (AvgIpc) is 3.05. The number of rotatable bonds is 8. The summed E-state index contributed by atoms with van der Waals surface area (Å²) in [4.78, 5) is 25.6.